The van der Waals surface area contributed by atoms with Crippen LogP contribution in [0.5, 0.6) is 0 Å². The molecule has 2 heteroatoms. The minimum atomic E-state index is -0.0922. The molecule has 1 aromatic carbocycles. The molecule has 1 aromatic rings. The first-order valence-corrected chi connectivity index (χ1v) is 6.29. The van der Waals surface area contributed by atoms with Crippen molar-refractivity contribution in [3.05, 3.63) is 35.9 Å². The SMILES string of the molecule is OC1CCCN(CCCc2ccccc2)C1. The molecule has 2 rings (SSSR count). The number of piperidine rings is 1. The minimum Gasteiger partial charge on any atom is -0.392 e. The van der Waals surface area contributed by atoms with E-state index in [2.05, 4.69) is 35.2 Å². The molecule has 0 saturated carbocycles. The van der Waals surface area contributed by atoms with Gasteiger partial charge in [-0.25, -0.2) is 0 Å². The third-order valence-corrected chi connectivity index (χ3v) is 3.26. The Kier molecular flexibility index (Phi) is 4.37. The summed E-state index contributed by atoms with van der Waals surface area (Å²) >= 11 is 0. The molecule has 2 nitrogen and oxygen atoms in total. The zero-order valence-corrected chi connectivity index (χ0v) is 9.81. The fraction of sp³-hybridized carbons (Fsp3) is 0.571. The highest BCUT2D eigenvalue weighted by molar-refractivity contribution is 5.14. The molecule has 1 atom stereocenters. The van der Waals surface area contributed by atoms with Crippen molar-refractivity contribution in [2.75, 3.05) is 19.6 Å². The van der Waals surface area contributed by atoms with Crippen molar-refractivity contribution in [2.24, 2.45) is 0 Å². The lowest BCUT2D eigenvalue weighted by molar-refractivity contribution is 0.0702. The Morgan fingerprint density at radius 3 is 2.81 bits per heavy atom. The Hall–Kier alpha value is -0.860. The molecule has 1 unspecified atom stereocenters. The zero-order valence-electron chi connectivity index (χ0n) is 9.81. The fourth-order valence-corrected chi connectivity index (χ4v) is 2.39. The van der Waals surface area contributed by atoms with E-state index in [1.54, 1.807) is 0 Å². The van der Waals surface area contributed by atoms with Crippen molar-refractivity contribution in [3.63, 3.8) is 0 Å². The third kappa shape index (κ3) is 3.62. The molecule has 1 aliphatic heterocycles. The Bertz CT molecular complexity index is 299. The van der Waals surface area contributed by atoms with E-state index in [4.69, 9.17) is 0 Å². The predicted octanol–water partition coefficient (Wildman–Crippen LogP) is 2.08. The van der Waals surface area contributed by atoms with E-state index in [1.807, 2.05) is 0 Å². The van der Waals surface area contributed by atoms with E-state index in [0.29, 0.717) is 0 Å². The maximum absolute atomic E-state index is 9.55. The first-order chi connectivity index (χ1) is 7.84. The number of hydrogen-bond donors (Lipinski definition) is 1. The largest absolute Gasteiger partial charge is 0.392 e. The van der Waals surface area contributed by atoms with Crippen molar-refractivity contribution in [3.8, 4) is 0 Å². The second kappa shape index (κ2) is 6.02. The highest BCUT2D eigenvalue weighted by atomic mass is 16.3. The molecular formula is C14H21NO. The van der Waals surface area contributed by atoms with E-state index in [1.165, 1.54) is 12.0 Å². The summed E-state index contributed by atoms with van der Waals surface area (Å²) in [5.74, 6) is 0. The summed E-state index contributed by atoms with van der Waals surface area (Å²) in [6.45, 7) is 3.15. The molecule has 16 heavy (non-hydrogen) atoms. The van der Waals surface area contributed by atoms with Crippen molar-refractivity contribution in [1.29, 1.82) is 0 Å². The fourth-order valence-electron chi connectivity index (χ4n) is 2.39. The molecule has 1 fully saturated rings. The summed E-state index contributed by atoms with van der Waals surface area (Å²) in [4.78, 5) is 2.39. The van der Waals surface area contributed by atoms with Gasteiger partial charge in [-0.05, 0) is 44.3 Å². The van der Waals surface area contributed by atoms with Gasteiger partial charge in [0.2, 0.25) is 0 Å². The van der Waals surface area contributed by atoms with E-state index < -0.39 is 0 Å². The van der Waals surface area contributed by atoms with Gasteiger partial charge in [-0.1, -0.05) is 30.3 Å². The maximum atomic E-state index is 9.55. The van der Waals surface area contributed by atoms with Crippen molar-refractivity contribution in [2.45, 2.75) is 31.8 Å². The summed E-state index contributed by atoms with van der Waals surface area (Å²) in [6, 6.07) is 10.6. The van der Waals surface area contributed by atoms with Crippen LogP contribution < -0.4 is 0 Å². The van der Waals surface area contributed by atoms with Gasteiger partial charge in [0, 0.05) is 6.54 Å². The molecule has 1 saturated heterocycles. The lowest BCUT2D eigenvalue weighted by Crippen LogP contribution is -2.38. The van der Waals surface area contributed by atoms with Crippen LogP contribution in [0.25, 0.3) is 0 Å². The van der Waals surface area contributed by atoms with Crippen LogP contribution in [-0.4, -0.2) is 35.7 Å². The predicted molar refractivity (Wildman–Crippen MR) is 66.4 cm³/mol. The molecule has 0 aromatic heterocycles. The number of aliphatic hydroxyl groups is 1. The molecule has 88 valence electrons. The molecule has 1 heterocycles. The Labute approximate surface area is 97.9 Å². The lowest BCUT2D eigenvalue weighted by atomic mass is 10.1. The standard InChI is InChI=1S/C14H21NO/c16-14-9-5-11-15(12-14)10-4-8-13-6-2-1-3-7-13/h1-3,6-7,14,16H,4-5,8-12H2. The minimum absolute atomic E-state index is 0.0922. The van der Waals surface area contributed by atoms with Crippen LogP contribution in [0, 0.1) is 0 Å². The summed E-state index contributed by atoms with van der Waals surface area (Å²) in [5, 5.41) is 9.55. The zero-order chi connectivity index (χ0) is 11.2. The molecule has 0 radical (unpaired) electrons. The lowest BCUT2D eigenvalue weighted by Gasteiger charge is -2.29. The number of benzene rings is 1. The molecule has 0 bridgehead atoms. The van der Waals surface area contributed by atoms with Gasteiger partial charge in [-0.15, -0.1) is 0 Å². The summed E-state index contributed by atoms with van der Waals surface area (Å²) in [6.07, 6.45) is 4.37. The normalized spacial score (nSPS) is 22.2. The van der Waals surface area contributed by atoms with Gasteiger partial charge in [0.1, 0.15) is 0 Å². The average Bonchev–Trinajstić information content (AvgIpc) is 2.30. The van der Waals surface area contributed by atoms with E-state index in [-0.39, 0.29) is 6.10 Å². The van der Waals surface area contributed by atoms with E-state index in [0.717, 1.165) is 38.9 Å². The van der Waals surface area contributed by atoms with Crippen LogP contribution >= 0.6 is 0 Å². The average molecular weight is 219 g/mol. The van der Waals surface area contributed by atoms with Crippen LogP contribution in [-0.2, 0) is 6.42 Å². The van der Waals surface area contributed by atoms with Crippen molar-refractivity contribution < 1.29 is 5.11 Å². The van der Waals surface area contributed by atoms with E-state index >= 15 is 0 Å². The molecular weight excluding hydrogens is 198 g/mol. The Balaban J connectivity index is 1.68. The number of β-amino-alcohol motifs (C(OH)–C–C–N with tert-alkyl or cyclic N) is 1. The monoisotopic (exact) mass is 219 g/mol. The van der Waals surface area contributed by atoms with Crippen LogP contribution in [0.4, 0.5) is 0 Å². The molecule has 0 spiro atoms. The number of aryl methyl sites for hydroxylation is 1. The molecule has 1 aliphatic rings. The van der Waals surface area contributed by atoms with E-state index in [9.17, 15) is 5.11 Å². The van der Waals surface area contributed by atoms with Crippen molar-refractivity contribution >= 4 is 0 Å². The first-order valence-electron chi connectivity index (χ1n) is 6.29. The summed E-state index contributed by atoms with van der Waals surface area (Å²) < 4.78 is 0. The second-order valence-electron chi connectivity index (χ2n) is 4.69. The van der Waals surface area contributed by atoms with Crippen molar-refractivity contribution in [1.82, 2.24) is 4.90 Å². The molecule has 0 amide bonds. The quantitative estimate of drug-likeness (QED) is 0.838. The smallest absolute Gasteiger partial charge is 0.0667 e. The maximum Gasteiger partial charge on any atom is 0.0667 e. The molecule has 0 aliphatic carbocycles. The van der Waals surface area contributed by atoms with Gasteiger partial charge in [-0.3, -0.25) is 0 Å². The Morgan fingerprint density at radius 1 is 1.25 bits per heavy atom. The number of nitrogens with zero attached hydrogens (tertiary/aromatic N) is 1. The number of likely N-dealkylation sites (tertiary alicyclic amines) is 1. The van der Waals surface area contributed by atoms with Crippen LogP contribution in [0.2, 0.25) is 0 Å². The molecule has 1 N–H and O–H groups in total. The van der Waals surface area contributed by atoms with Crippen LogP contribution in [0.15, 0.2) is 30.3 Å². The van der Waals surface area contributed by atoms with Gasteiger partial charge in [0.15, 0.2) is 0 Å². The van der Waals surface area contributed by atoms with Crippen LogP contribution in [0.1, 0.15) is 24.8 Å². The number of aliphatic hydroxyl groups excluding tert-OH is 1. The summed E-state index contributed by atoms with van der Waals surface area (Å²) in [7, 11) is 0. The number of hydrogen-bond acceptors (Lipinski definition) is 2. The second-order valence-corrected chi connectivity index (χ2v) is 4.69. The van der Waals surface area contributed by atoms with Crippen LogP contribution in [0.3, 0.4) is 0 Å². The van der Waals surface area contributed by atoms with Gasteiger partial charge < -0.3 is 10.0 Å². The van der Waals surface area contributed by atoms with Gasteiger partial charge >= 0.3 is 0 Å². The third-order valence-electron chi connectivity index (χ3n) is 3.26. The summed E-state index contributed by atoms with van der Waals surface area (Å²) in [5.41, 5.74) is 1.42. The van der Waals surface area contributed by atoms with Gasteiger partial charge in [0.05, 0.1) is 6.10 Å². The Morgan fingerprint density at radius 2 is 2.06 bits per heavy atom. The number of rotatable bonds is 4. The van der Waals surface area contributed by atoms with Gasteiger partial charge in [-0.2, -0.15) is 0 Å². The first kappa shape index (κ1) is 11.6. The highest BCUT2D eigenvalue weighted by Crippen LogP contribution is 2.11. The highest BCUT2D eigenvalue weighted by Gasteiger charge is 2.16. The topological polar surface area (TPSA) is 23.5 Å². The van der Waals surface area contributed by atoms with Gasteiger partial charge in [0.25, 0.3) is 0 Å².